The van der Waals surface area contributed by atoms with Gasteiger partial charge in [-0.05, 0) is 12.1 Å². The number of fused-ring (bicyclic) bond motifs is 1. The van der Waals surface area contributed by atoms with Crippen molar-refractivity contribution in [1.29, 1.82) is 0 Å². The lowest BCUT2D eigenvalue weighted by atomic mass is 10.1. The highest BCUT2D eigenvalue weighted by Gasteiger charge is 2.20. The maximum absolute atomic E-state index is 5.51. The molecule has 0 unspecified atom stereocenters. The first kappa shape index (κ1) is 11.5. The Morgan fingerprint density at radius 2 is 2.10 bits per heavy atom. The number of nitrogens with one attached hydrogen (secondary N) is 1. The molecule has 6 nitrogen and oxygen atoms in total. The molecule has 1 saturated heterocycles. The van der Waals surface area contributed by atoms with Crippen LogP contribution in [0.3, 0.4) is 0 Å². The van der Waals surface area contributed by atoms with Gasteiger partial charge in [-0.3, -0.25) is 0 Å². The summed E-state index contributed by atoms with van der Waals surface area (Å²) < 4.78 is 10.9. The minimum atomic E-state index is 0.728. The standard InChI is InChI=1S/C14H14N4O2/c1-2-11(20-5-1)10-8-15-13-12(10)14(17-9-16-13)18-3-6-19-7-4-18/h1-2,5,8-9H,3-4,6-7H2,(H,15,16,17). The van der Waals surface area contributed by atoms with Gasteiger partial charge in [-0.25, -0.2) is 9.97 Å². The fraction of sp³-hybridized carbons (Fsp3) is 0.286. The van der Waals surface area contributed by atoms with Crippen LogP contribution in [-0.4, -0.2) is 41.3 Å². The Kier molecular flexibility index (Phi) is 2.67. The van der Waals surface area contributed by atoms with Gasteiger partial charge in [0.15, 0.2) is 0 Å². The number of rotatable bonds is 2. The van der Waals surface area contributed by atoms with Gasteiger partial charge in [0.25, 0.3) is 0 Å². The first-order chi connectivity index (χ1) is 9.93. The highest BCUT2D eigenvalue weighted by molar-refractivity contribution is 6.00. The maximum atomic E-state index is 5.51. The van der Waals surface area contributed by atoms with E-state index < -0.39 is 0 Å². The molecule has 0 saturated carbocycles. The molecule has 0 aliphatic carbocycles. The Morgan fingerprint density at radius 3 is 2.90 bits per heavy atom. The molecule has 3 aromatic heterocycles. The van der Waals surface area contributed by atoms with Crippen molar-refractivity contribution in [3.05, 3.63) is 30.9 Å². The third-order valence-corrected chi connectivity index (χ3v) is 3.55. The molecule has 3 aromatic rings. The Morgan fingerprint density at radius 1 is 1.20 bits per heavy atom. The van der Waals surface area contributed by atoms with E-state index in [1.54, 1.807) is 12.6 Å². The van der Waals surface area contributed by atoms with Gasteiger partial charge < -0.3 is 19.0 Å². The van der Waals surface area contributed by atoms with Gasteiger partial charge >= 0.3 is 0 Å². The Bertz CT molecular complexity index is 714. The SMILES string of the molecule is c1coc(-c2c[nH]c3ncnc(N4CCOCC4)c23)c1. The van der Waals surface area contributed by atoms with Crippen molar-refractivity contribution in [3.63, 3.8) is 0 Å². The van der Waals surface area contributed by atoms with Gasteiger partial charge in [-0.1, -0.05) is 0 Å². The fourth-order valence-corrected chi connectivity index (χ4v) is 2.59. The van der Waals surface area contributed by atoms with Crippen LogP contribution >= 0.6 is 0 Å². The molecule has 0 spiro atoms. The van der Waals surface area contributed by atoms with E-state index in [9.17, 15) is 0 Å². The number of aromatic nitrogens is 3. The molecular weight excluding hydrogens is 256 g/mol. The molecule has 1 aliphatic rings. The molecule has 0 bridgehead atoms. The maximum Gasteiger partial charge on any atom is 0.143 e. The Labute approximate surface area is 115 Å². The minimum Gasteiger partial charge on any atom is -0.464 e. The van der Waals surface area contributed by atoms with Gasteiger partial charge in [0.1, 0.15) is 23.6 Å². The first-order valence-electron chi connectivity index (χ1n) is 6.62. The third kappa shape index (κ3) is 1.77. The van der Waals surface area contributed by atoms with E-state index in [0.29, 0.717) is 0 Å². The van der Waals surface area contributed by atoms with E-state index in [1.165, 1.54) is 0 Å². The number of ether oxygens (including phenoxy) is 1. The molecule has 0 aromatic carbocycles. The molecule has 1 fully saturated rings. The Balaban J connectivity index is 1.89. The van der Waals surface area contributed by atoms with Gasteiger partial charge in [0, 0.05) is 24.8 Å². The van der Waals surface area contributed by atoms with Crippen molar-refractivity contribution in [2.45, 2.75) is 0 Å². The molecule has 4 rings (SSSR count). The van der Waals surface area contributed by atoms with E-state index in [0.717, 1.165) is 54.5 Å². The summed E-state index contributed by atoms with van der Waals surface area (Å²) in [6, 6.07) is 3.82. The van der Waals surface area contributed by atoms with Crippen LogP contribution in [0.5, 0.6) is 0 Å². The molecule has 20 heavy (non-hydrogen) atoms. The van der Waals surface area contributed by atoms with E-state index in [-0.39, 0.29) is 0 Å². The molecule has 1 aliphatic heterocycles. The summed E-state index contributed by atoms with van der Waals surface area (Å²) in [7, 11) is 0. The number of H-pyrrole nitrogens is 1. The number of hydrogen-bond acceptors (Lipinski definition) is 5. The predicted molar refractivity (Wildman–Crippen MR) is 74.6 cm³/mol. The average Bonchev–Trinajstić information content (AvgIpc) is 3.16. The molecule has 6 heteroatoms. The van der Waals surface area contributed by atoms with Crippen molar-refractivity contribution < 1.29 is 9.15 Å². The predicted octanol–water partition coefficient (Wildman–Crippen LogP) is 2.05. The summed E-state index contributed by atoms with van der Waals surface area (Å²) in [6.45, 7) is 3.14. The van der Waals surface area contributed by atoms with E-state index in [2.05, 4.69) is 19.9 Å². The lowest BCUT2D eigenvalue weighted by Gasteiger charge is -2.28. The normalized spacial score (nSPS) is 15.9. The van der Waals surface area contributed by atoms with Crippen molar-refractivity contribution in [2.24, 2.45) is 0 Å². The third-order valence-electron chi connectivity index (χ3n) is 3.55. The van der Waals surface area contributed by atoms with Crippen LogP contribution in [0.2, 0.25) is 0 Å². The van der Waals surface area contributed by atoms with Crippen molar-refractivity contribution >= 4 is 16.9 Å². The summed E-state index contributed by atoms with van der Waals surface area (Å²) >= 11 is 0. The Hall–Kier alpha value is -2.34. The zero-order valence-electron chi connectivity index (χ0n) is 10.9. The summed E-state index contributed by atoms with van der Waals surface area (Å²) in [4.78, 5) is 14.2. The number of nitrogens with zero attached hydrogens (tertiary/aromatic N) is 3. The molecule has 4 heterocycles. The highest BCUT2D eigenvalue weighted by atomic mass is 16.5. The average molecular weight is 270 g/mol. The minimum absolute atomic E-state index is 0.728. The number of morpholine rings is 1. The number of furan rings is 1. The van der Waals surface area contributed by atoms with Gasteiger partial charge in [0.2, 0.25) is 0 Å². The van der Waals surface area contributed by atoms with Crippen LogP contribution in [-0.2, 0) is 4.74 Å². The van der Waals surface area contributed by atoms with Gasteiger partial charge in [-0.15, -0.1) is 0 Å². The smallest absolute Gasteiger partial charge is 0.143 e. The zero-order valence-corrected chi connectivity index (χ0v) is 10.9. The van der Waals surface area contributed by atoms with E-state index in [4.69, 9.17) is 9.15 Å². The van der Waals surface area contributed by atoms with Crippen molar-refractivity contribution in [1.82, 2.24) is 15.0 Å². The molecule has 102 valence electrons. The van der Waals surface area contributed by atoms with Crippen LogP contribution in [0.1, 0.15) is 0 Å². The summed E-state index contributed by atoms with van der Waals surface area (Å²) in [5.41, 5.74) is 1.82. The second-order valence-electron chi connectivity index (χ2n) is 4.70. The first-order valence-corrected chi connectivity index (χ1v) is 6.62. The summed E-state index contributed by atoms with van der Waals surface area (Å²) in [5.74, 6) is 1.76. The molecule has 1 N–H and O–H groups in total. The van der Waals surface area contributed by atoms with Crippen LogP contribution in [0, 0.1) is 0 Å². The second kappa shape index (κ2) is 4.64. The fourth-order valence-electron chi connectivity index (χ4n) is 2.59. The van der Waals surface area contributed by atoms with Crippen molar-refractivity contribution in [3.8, 4) is 11.3 Å². The highest BCUT2D eigenvalue weighted by Crippen LogP contribution is 2.33. The van der Waals surface area contributed by atoms with Crippen LogP contribution < -0.4 is 4.90 Å². The van der Waals surface area contributed by atoms with E-state index >= 15 is 0 Å². The van der Waals surface area contributed by atoms with Gasteiger partial charge in [-0.2, -0.15) is 0 Å². The van der Waals surface area contributed by atoms with Crippen molar-refractivity contribution in [2.75, 3.05) is 31.2 Å². The molecule has 0 radical (unpaired) electrons. The number of aromatic amines is 1. The summed E-state index contributed by atoms with van der Waals surface area (Å²) in [6.07, 6.45) is 5.18. The topological polar surface area (TPSA) is 67.2 Å². The zero-order chi connectivity index (χ0) is 13.4. The lowest BCUT2D eigenvalue weighted by molar-refractivity contribution is 0.122. The monoisotopic (exact) mass is 270 g/mol. The molecule has 0 atom stereocenters. The van der Waals surface area contributed by atoms with Crippen LogP contribution in [0.4, 0.5) is 5.82 Å². The summed E-state index contributed by atoms with van der Waals surface area (Å²) in [5, 5.41) is 1.00. The van der Waals surface area contributed by atoms with Gasteiger partial charge in [0.05, 0.1) is 24.9 Å². The van der Waals surface area contributed by atoms with E-state index in [1.807, 2.05) is 18.3 Å². The van der Waals surface area contributed by atoms with Crippen LogP contribution in [0.25, 0.3) is 22.4 Å². The molecule has 0 amide bonds. The number of anilines is 1. The second-order valence-corrected chi connectivity index (χ2v) is 4.70. The molecular formula is C14H14N4O2. The largest absolute Gasteiger partial charge is 0.464 e. The quantitative estimate of drug-likeness (QED) is 0.772. The number of hydrogen-bond donors (Lipinski definition) is 1. The lowest BCUT2D eigenvalue weighted by Crippen LogP contribution is -2.36. The van der Waals surface area contributed by atoms with Crippen LogP contribution in [0.15, 0.2) is 35.3 Å².